The molecule has 10 nitrogen and oxygen atoms in total. The van der Waals surface area contributed by atoms with Crippen molar-refractivity contribution in [3.05, 3.63) is 89.0 Å². The third-order valence-electron chi connectivity index (χ3n) is 8.19. The van der Waals surface area contributed by atoms with Crippen LogP contribution in [0.1, 0.15) is 48.1 Å². The van der Waals surface area contributed by atoms with Crippen molar-refractivity contribution in [1.82, 2.24) is 9.97 Å². The molecule has 0 bridgehead atoms. The predicted molar refractivity (Wildman–Crippen MR) is 173 cm³/mol. The number of halogens is 4. The number of aromatic nitrogens is 2. The first-order valence-electron chi connectivity index (χ1n) is 15.0. The van der Waals surface area contributed by atoms with Crippen molar-refractivity contribution in [2.45, 2.75) is 51.1 Å². The van der Waals surface area contributed by atoms with E-state index in [1.807, 2.05) is 0 Å². The van der Waals surface area contributed by atoms with Gasteiger partial charge in [0.25, 0.3) is 5.91 Å². The first-order chi connectivity index (χ1) is 23.2. The van der Waals surface area contributed by atoms with Crippen LogP contribution in [-0.4, -0.2) is 57.9 Å². The number of carbonyl (C=O) groups excluding carboxylic acids is 2. The van der Waals surface area contributed by atoms with E-state index in [1.165, 1.54) is 36.9 Å². The molecule has 2 saturated heterocycles. The fourth-order valence-corrected chi connectivity index (χ4v) is 6.21. The van der Waals surface area contributed by atoms with Crippen molar-refractivity contribution in [3.63, 3.8) is 0 Å². The van der Waals surface area contributed by atoms with Crippen molar-refractivity contribution >= 4 is 51.5 Å². The number of amides is 1. The molecule has 3 heterocycles. The monoisotopic (exact) mass is 693 g/mol. The highest BCUT2D eigenvalue weighted by Gasteiger charge is 2.51. The molecule has 4 aromatic rings. The molecule has 0 spiro atoms. The number of hydrogen-bond donors (Lipinski definition) is 0. The minimum atomic E-state index is -4.88. The maximum Gasteiger partial charge on any atom is 0.417 e. The Hall–Kier alpha value is -5.20. The number of ether oxygens (including phenoxy) is 3. The van der Waals surface area contributed by atoms with E-state index in [0.29, 0.717) is 18.1 Å². The van der Waals surface area contributed by atoms with Gasteiger partial charge in [-0.2, -0.15) is 23.4 Å². The van der Waals surface area contributed by atoms with Gasteiger partial charge in [0.2, 0.25) is 5.88 Å². The number of benzene rings is 3. The predicted octanol–water partition coefficient (Wildman–Crippen LogP) is 6.14. The van der Waals surface area contributed by atoms with Crippen molar-refractivity contribution < 1.29 is 41.4 Å². The van der Waals surface area contributed by atoms with E-state index in [0.717, 1.165) is 17.0 Å². The number of hydrogen-bond acceptors (Lipinski definition) is 9. The molecular weight excluding hydrogens is 666 g/mol. The van der Waals surface area contributed by atoms with E-state index in [-0.39, 0.29) is 52.3 Å². The fraction of sp³-hybridized carbons (Fsp3) is 0.294. The third kappa shape index (κ3) is 6.13. The van der Waals surface area contributed by atoms with Gasteiger partial charge in [0.15, 0.2) is 23.1 Å². The van der Waals surface area contributed by atoms with Gasteiger partial charge in [-0.25, -0.2) is 14.2 Å². The van der Waals surface area contributed by atoms with Crippen LogP contribution in [0.3, 0.4) is 0 Å². The summed E-state index contributed by atoms with van der Waals surface area (Å²) in [4.78, 5) is 37.6. The largest absolute Gasteiger partial charge is 0.467 e. The number of nitriles is 1. The summed E-state index contributed by atoms with van der Waals surface area (Å²) < 4.78 is 74.8. The number of aryl methyl sites for hydroxylation is 1. The average molecular weight is 694 g/mol. The average Bonchev–Trinajstić information content (AvgIpc) is 3.57. The Morgan fingerprint density at radius 2 is 1.80 bits per heavy atom. The summed E-state index contributed by atoms with van der Waals surface area (Å²) in [5.74, 6) is -1.83. The lowest BCUT2D eigenvalue weighted by Crippen LogP contribution is -2.44. The van der Waals surface area contributed by atoms with E-state index in [2.05, 4.69) is 9.97 Å². The summed E-state index contributed by atoms with van der Waals surface area (Å²) in [5, 5.41) is 9.11. The lowest BCUT2D eigenvalue weighted by molar-refractivity contribution is -0.137. The normalized spacial score (nSPS) is 19.0. The van der Waals surface area contributed by atoms with Gasteiger partial charge in [0.05, 0.1) is 47.0 Å². The molecule has 3 aromatic carbocycles. The summed E-state index contributed by atoms with van der Waals surface area (Å²) in [6, 6.07) is 15.3. The summed E-state index contributed by atoms with van der Waals surface area (Å²) in [6.45, 7) is 4.85. The Balaban J connectivity index is 1.38. The second kappa shape index (κ2) is 12.7. The summed E-state index contributed by atoms with van der Waals surface area (Å²) in [7, 11) is 0. The molecule has 0 N–H and O–H groups in total. The number of alkyl halides is 3. The molecule has 2 aliphatic rings. The lowest BCUT2D eigenvalue weighted by atomic mass is 10.0. The molecule has 0 saturated carbocycles. The van der Waals surface area contributed by atoms with Gasteiger partial charge in [-0.3, -0.25) is 9.69 Å². The molecule has 1 aromatic heterocycles. The highest BCUT2D eigenvalue weighted by molar-refractivity contribution is 7.81. The number of anilines is 2. The van der Waals surface area contributed by atoms with E-state index in [1.54, 1.807) is 37.3 Å². The van der Waals surface area contributed by atoms with E-state index < -0.39 is 52.7 Å². The Bertz CT molecular complexity index is 2040. The van der Waals surface area contributed by atoms with Gasteiger partial charge < -0.3 is 19.1 Å². The number of rotatable bonds is 7. The maximum absolute atomic E-state index is 15.9. The standard InChI is InChI=1S/C34H27F4N5O5S/c1-4-27-40-28-22(29(41-27)47-25-16-46-17-26(25)48-30(44)18-8-6-5-7-9-18)12-21(14-24(28)35)43-32(49)42(31(45)33(43,2)3)20-11-10-19(15-39)23(13-20)34(36,37)38/h5-14,25-26H,4,16-17H2,1-3H3/t25-,26-/m0/s1. The maximum atomic E-state index is 15.9. The molecule has 15 heteroatoms. The van der Waals surface area contributed by atoms with Crippen LogP contribution in [0.4, 0.5) is 28.9 Å². The number of esters is 1. The molecular formula is C34H27F4N5O5S. The molecule has 0 unspecified atom stereocenters. The molecule has 2 fully saturated rings. The minimum absolute atomic E-state index is 0.0353. The molecule has 1 amide bonds. The smallest absolute Gasteiger partial charge is 0.417 e. The molecule has 6 rings (SSSR count). The van der Waals surface area contributed by atoms with Crippen LogP contribution in [0.25, 0.3) is 10.9 Å². The second-order valence-corrected chi connectivity index (χ2v) is 12.1. The molecule has 0 radical (unpaired) electrons. The Morgan fingerprint density at radius 3 is 2.47 bits per heavy atom. The van der Waals surface area contributed by atoms with Crippen LogP contribution in [0.2, 0.25) is 0 Å². The zero-order valence-corrected chi connectivity index (χ0v) is 27.1. The third-order valence-corrected chi connectivity index (χ3v) is 8.55. The summed E-state index contributed by atoms with van der Waals surface area (Å²) in [5.41, 5.74) is -3.23. The van der Waals surface area contributed by atoms with Gasteiger partial charge in [0, 0.05) is 12.1 Å². The number of carbonyl (C=O) groups is 2. The number of nitrogens with zero attached hydrogens (tertiary/aromatic N) is 5. The summed E-state index contributed by atoms with van der Waals surface area (Å²) >= 11 is 5.63. The van der Waals surface area contributed by atoms with Gasteiger partial charge in [-0.1, -0.05) is 25.1 Å². The van der Waals surface area contributed by atoms with Crippen LogP contribution >= 0.6 is 12.2 Å². The summed E-state index contributed by atoms with van der Waals surface area (Å²) in [6.07, 6.45) is -6.18. The highest BCUT2D eigenvalue weighted by Crippen LogP contribution is 2.41. The van der Waals surface area contributed by atoms with Crippen LogP contribution in [0.5, 0.6) is 5.88 Å². The van der Waals surface area contributed by atoms with E-state index in [4.69, 9.17) is 26.4 Å². The van der Waals surface area contributed by atoms with Gasteiger partial charge in [0.1, 0.15) is 16.9 Å². The van der Waals surface area contributed by atoms with Crippen molar-refractivity contribution in [3.8, 4) is 11.9 Å². The zero-order chi connectivity index (χ0) is 35.2. The van der Waals surface area contributed by atoms with Gasteiger partial charge in [-0.15, -0.1) is 0 Å². The quantitative estimate of drug-likeness (QED) is 0.127. The zero-order valence-electron chi connectivity index (χ0n) is 26.2. The lowest BCUT2D eigenvalue weighted by Gasteiger charge is -2.30. The molecule has 2 atom stereocenters. The highest BCUT2D eigenvalue weighted by atomic mass is 32.1. The van der Waals surface area contributed by atoms with Crippen LogP contribution in [0.15, 0.2) is 60.7 Å². The van der Waals surface area contributed by atoms with E-state index in [9.17, 15) is 28.0 Å². The van der Waals surface area contributed by atoms with Crippen molar-refractivity contribution in [1.29, 1.82) is 5.26 Å². The molecule has 0 aliphatic carbocycles. The van der Waals surface area contributed by atoms with Crippen LogP contribution < -0.4 is 14.5 Å². The number of fused-ring (bicyclic) bond motifs is 1. The topological polar surface area (TPSA) is 118 Å². The van der Waals surface area contributed by atoms with Crippen LogP contribution in [-0.2, 0) is 26.9 Å². The van der Waals surface area contributed by atoms with Gasteiger partial charge >= 0.3 is 12.1 Å². The Labute approximate surface area is 282 Å². The van der Waals surface area contributed by atoms with Gasteiger partial charge in [-0.05, 0) is 68.5 Å². The minimum Gasteiger partial charge on any atom is -0.467 e. The molecule has 2 aliphatic heterocycles. The van der Waals surface area contributed by atoms with Crippen LogP contribution in [0, 0.1) is 17.1 Å². The first-order valence-corrected chi connectivity index (χ1v) is 15.5. The molecule has 252 valence electrons. The fourth-order valence-electron chi connectivity index (χ4n) is 5.69. The molecule has 49 heavy (non-hydrogen) atoms. The Kier molecular flexibility index (Phi) is 8.72. The number of thiocarbonyl (C=S) groups is 1. The van der Waals surface area contributed by atoms with E-state index >= 15 is 4.39 Å². The SMILES string of the molecule is CCc1nc(O[C@H]2COC[C@@H]2OC(=O)c2ccccc2)c2cc(N3C(=S)N(c4ccc(C#N)c(C(F)(F)F)c4)C(=O)C3(C)C)cc(F)c2n1. The van der Waals surface area contributed by atoms with Crippen molar-refractivity contribution in [2.24, 2.45) is 0 Å². The first kappa shape index (κ1) is 33.7. The second-order valence-electron chi connectivity index (χ2n) is 11.8. The Morgan fingerprint density at radius 1 is 1.08 bits per heavy atom. The van der Waals surface area contributed by atoms with Crippen molar-refractivity contribution in [2.75, 3.05) is 23.0 Å².